The summed E-state index contributed by atoms with van der Waals surface area (Å²) >= 11 is 3.43. The van der Waals surface area contributed by atoms with Crippen LogP contribution in [-0.2, 0) is 14.3 Å². The molecule has 0 unspecified atom stereocenters. The number of hydrogen-bond acceptors (Lipinski definition) is 3. The van der Waals surface area contributed by atoms with Crippen LogP contribution in [-0.4, -0.2) is 47.7 Å². The van der Waals surface area contributed by atoms with Crippen molar-refractivity contribution in [3.05, 3.63) is 34.3 Å². The van der Waals surface area contributed by atoms with Crippen molar-refractivity contribution in [2.45, 2.75) is 37.6 Å². The van der Waals surface area contributed by atoms with Crippen LogP contribution < -0.4 is 0 Å². The van der Waals surface area contributed by atoms with E-state index in [1.54, 1.807) is 4.90 Å². The summed E-state index contributed by atoms with van der Waals surface area (Å²) in [5.41, 5.74) is 1.18. The lowest BCUT2D eigenvalue weighted by atomic mass is 10.0. The quantitative estimate of drug-likeness (QED) is 0.803. The first-order valence-corrected chi connectivity index (χ1v) is 9.21. The molecule has 1 saturated heterocycles. The van der Waals surface area contributed by atoms with E-state index in [1.165, 1.54) is 5.56 Å². The first kappa shape index (κ1) is 17.4. The Labute approximate surface area is 150 Å². The summed E-state index contributed by atoms with van der Waals surface area (Å²) in [6.45, 7) is 1.58. The molecule has 1 saturated carbocycles. The van der Waals surface area contributed by atoms with E-state index in [2.05, 4.69) is 28.1 Å². The highest BCUT2D eigenvalue weighted by Gasteiger charge is 2.46. The molecule has 5 nitrogen and oxygen atoms in total. The van der Waals surface area contributed by atoms with Gasteiger partial charge in [-0.1, -0.05) is 28.1 Å². The Kier molecular flexibility index (Phi) is 5.56. The molecule has 2 fully saturated rings. The molecule has 0 aromatic heterocycles. The van der Waals surface area contributed by atoms with Crippen LogP contribution in [0.15, 0.2) is 28.7 Å². The molecule has 1 aliphatic heterocycles. The molecule has 2 aliphatic rings. The number of carbonyl (C=O) groups excluding carboxylic acids is 1. The molecule has 1 aliphatic carbocycles. The second-order valence-corrected chi connectivity index (χ2v) is 7.43. The van der Waals surface area contributed by atoms with Crippen molar-refractivity contribution in [2.75, 3.05) is 19.8 Å². The van der Waals surface area contributed by atoms with Crippen molar-refractivity contribution in [1.82, 2.24) is 4.90 Å². The third-order valence-corrected chi connectivity index (χ3v) is 5.42. The van der Waals surface area contributed by atoms with Crippen LogP contribution in [0.3, 0.4) is 0 Å². The number of hydrogen-bond donors (Lipinski definition) is 1. The molecule has 2 atom stereocenters. The predicted molar refractivity (Wildman–Crippen MR) is 92.8 cm³/mol. The number of carboxylic acid groups (broad SMARTS) is 1. The molecular weight excluding hydrogens is 374 g/mol. The van der Waals surface area contributed by atoms with E-state index < -0.39 is 5.97 Å². The van der Waals surface area contributed by atoms with E-state index in [1.807, 2.05) is 12.1 Å². The minimum absolute atomic E-state index is 0.00122. The molecule has 130 valence electrons. The lowest BCUT2D eigenvalue weighted by Gasteiger charge is -2.34. The molecule has 1 heterocycles. The van der Waals surface area contributed by atoms with Gasteiger partial charge in [0.25, 0.3) is 0 Å². The van der Waals surface area contributed by atoms with Crippen LogP contribution in [0.4, 0.5) is 0 Å². The van der Waals surface area contributed by atoms with Crippen LogP contribution in [0.5, 0.6) is 0 Å². The summed E-state index contributed by atoms with van der Waals surface area (Å²) in [6.07, 6.45) is 2.44. The van der Waals surface area contributed by atoms with E-state index in [0.717, 1.165) is 23.7 Å². The van der Waals surface area contributed by atoms with Gasteiger partial charge >= 0.3 is 5.97 Å². The maximum absolute atomic E-state index is 13.0. The molecular formula is C18H22BrNO4. The number of aliphatic carboxylic acids is 1. The zero-order valence-electron chi connectivity index (χ0n) is 13.5. The van der Waals surface area contributed by atoms with Crippen molar-refractivity contribution in [3.63, 3.8) is 0 Å². The minimum atomic E-state index is -0.861. The predicted octanol–water partition coefficient (Wildman–Crippen LogP) is 3.03. The fourth-order valence-corrected chi connectivity index (χ4v) is 3.71. The number of rotatable bonds is 6. The third-order valence-electron chi connectivity index (χ3n) is 4.89. The molecule has 3 rings (SSSR count). The first-order chi connectivity index (χ1) is 11.6. The lowest BCUT2D eigenvalue weighted by molar-refractivity contribution is -0.141. The summed E-state index contributed by atoms with van der Waals surface area (Å²) < 4.78 is 6.40. The molecule has 0 radical (unpaired) electrons. The Balaban J connectivity index is 1.66. The van der Waals surface area contributed by atoms with E-state index in [9.17, 15) is 9.59 Å². The zero-order valence-corrected chi connectivity index (χ0v) is 15.1. The van der Waals surface area contributed by atoms with Gasteiger partial charge in [0.2, 0.25) is 5.91 Å². The second kappa shape index (κ2) is 7.66. The van der Waals surface area contributed by atoms with E-state index in [4.69, 9.17) is 9.84 Å². The second-order valence-electron chi connectivity index (χ2n) is 6.52. The molecule has 1 aromatic rings. The monoisotopic (exact) mass is 395 g/mol. The third kappa shape index (κ3) is 4.16. The number of carboxylic acids is 1. The van der Waals surface area contributed by atoms with E-state index >= 15 is 0 Å². The average molecular weight is 396 g/mol. The minimum Gasteiger partial charge on any atom is -0.481 e. The standard InChI is InChI=1S/C18H22BrNO4/c19-13-3-1-12(2-4-13)15-11-16(15)18(23)20(8-5-17(21)22)14-6-9-24-10-7-14/h1-4,14-16H,5-11H2,(H,21,22)/t15-,16+/m0/s1. The summed E-state index contributed by atoms with van der Waals surface area (Å²) in [7, 11) is 0. The summed E-state index contributed by atoms with van der Waals surface area (Å²) in [5.74, 6) is -0.503. The van der Waals surface area contributed by atoms with Crippen molar-refractivity contribution in [1.29, 1.82) is 0 Å². The molecule has 1 amide bonds. The Morgan fingerprint density at radius 2 is 1.88 bits per heavy atom. The van der Waals surface area contributed by atoms with Gasteiger partial charge in [0.05, 0.1) is 6.42 Å². The molecule has 1 N–H and O–H groups in total. The number of carbonyl (C=O) groups is 2. The highest BCUT2D eigenvalue weighted by Crippen LogP contribution is 2.49. The topological polar surface area (TPSA) is 66.8 Å². The number of nitrogens with zero attached hydrogens (tertiary/aromatic N) is 1. The Bertz CT molecular complexity index is 598. The first-order valence-electron chi connectivity index (χ1n) is 8.41. The zero-order chi connectivity index (χ0) is 17.1. The Hall–Kier alpha value is -1.40. The van der Waals surface area contributed by atoms with E-state index in [0.29, 0.717) is 19.8 Å². The summed E-state index contributed by atoms with van der Waals surface area (Å²) in [4.78, 5) is 25.7. The van der Waals surface area contributed by atoms with Gasteiger partial charge in [0.1, 0.15) is 0 Å². The summed E-state index contributed by atoms with van der Waals surface area (Å²) in [5, 5.41) is 8.99. The van der Waals surface area contributed by atoms with Gasteiger partial charge in [-0.3, -0.25) is 9.59 Å². The van der Waals surface area contributed by atoms with Crippen LogP contribution in [0.25, 0.3) is 0 Å². The molecule has 6 heteroatoms. The lowest BCUT2D eigenvalue weighted by Crippen LogP contribution is -2.45. The largest absolute Gasteiger partial charge is 0.481 e. The number of amides is 1. The Morgan fingerprint density at radius 3 is 2.50 bits per heavy atom. The van der Waals surface area contributed by atoms with Crippen molar-refractivity contribution >= 4 is 27.8 Å². The molecule has 0 spiro atoms. The van der Waals surface area contributed by atoms with Crippen LogP contribution >= 0.6 is 15.9 Å². The van der Waals surface area contributed by atoms with E-state index in [-0.39, 0.29) is 30.2 Å². The Morgan fingerprint density at radius 1 is 1.21 bits per heavy atom. The highest BCUT2D eigenvalue weighted by atomic mass is 79.9. The van der Waals surface area contributed by atoms with Gasteiger partial charge in [0, 0.05) is 36.2 Å². The number of ether oxygens (including phenoxy) is 1. The van der Waals surface area contributed by atoms with Gasteiger partial charge in [-0.2, -0.15) is 0 Å². The van der Waals surface area contributed by atoms with Crippen LogP contribution in [0, 0.1) is 5.92 Å². The maximum Gasteiger partial charge on any atom is 0.305 e. The van der Waals surface area contributed by atoms with Crippen molar-refractivity contribution in [3.8, 4) is 0 Å². The average Bonchev–Trinajstić information content (AvgIpc) is 3.37. The fraction of sp³-hybridized carbons (Fsp3) is 0.556. The van der Waals surface area contributed by atoms with Gasteiger partial charge in [-0.15, -0.1) is 0 Å². The van der Waals surface area contributed by atoms with Crippen LogP contribution in [0.1, 0.15) is 37.2 Å². The van der Waals surface area contributed by atoms with Crippen molar-refractivity contribution in [2.24, 2.45) is 5.92 Å². The highest BCUT2D eigenvalue weighted by molar-refractivity contribution is 9.10. The van der Waals surface area contributed by atoms with Gasteiger partial charge in [-0.05, 0) is 42.9 Å². The molecule has 1 aromatic carbocycles. The van der Waals surface area contributed by atoms with Gasteiger partial charge in [0.15, 0.2) is 0 Å². The number of halogens is 1. The normalized spacial score (nSPS) is 23.7. The molecule has 0 bridgehead atoms. The maximum atomic E-state index is 13.0. The van der Waals surface area contributed by atoms with Crippen LogP contribution in [0.2, 0.25) is 0 Å². The SMILES string of the molecule is O=C(O)CCN(C(=O)[C@@H]1C[C@H]1c1ccc(Br)cc1)C1CCOCC1. The smallest absolute Gasteiger partial charge is 0.305 e. The number of benzene rings is 1. The van der Waals surface area contributed by atoms with Gasteiger partial charge < -0.3 is 14.7 Å². The fourth-order valence-electron chi connectivity index (χ4n) is 3.44. The van der Waals surface area contributed by atoms with Gasteiger partial charge in [-0.25, -0.2) is 0 Å². The molecule has 24 heavy (non-hydrogen) atoms. The summed E-state index contributed by atoms with van der Waals surface area (Å²) in [6, 6.07) is 8.21. The van der Waals surface area contributed by atoms with Crippen molar-refractivity contribution < 1.29 is 19.4 Å².